The fourth-order valence-corrected chi connectivity index (χ4v) is 4.34. The SMILES string of the molecule is O=C(Nc1ccc2c(c1)CNCC2)c1cc2c(s1)CCC2. The van der Waals surface area contributed by atoms with Gasteiger partial charge >= 0.3 is 0 Å². The van der Waals surface area contributed by atoms with Crippen molar-refractivity contribution < 1.29 is 4.79 Å². The molecule has 0 fully saturated rings. The average Bonchev–Trinajstić information content (AvgIpc) is 3.08. The van der Waals surface area contributed by atoms with E-state index in [-0.39, 0.29) is 5.91 Å². The number of carbonyl (C=O) groups is 1. The predicted octanol–water partition coefficient (Wildman–Crippen LogP) is 3.13. The lowest BCUT2D eigenvalue weighted by Crippen LogP contribution is -2.23. The summed E-state index contributed by atoms with van der Waals surface area (Å²) >= 11 is 1.65. The van der Waals surface area contributed by atoms with Gasteiger partial charge in [-0.1, -0.05) is 6.07 Å². The van der Waals surface area contributed by atoms with E-state index in [1.54, 1.807) is 11.3 Å². The fourth-order valence-electron chi connectivity index (χ4n) is 3.19. The number of rotatable bonds is 2. The van der Waals surface area contributed by atoms with E-state index in [1.807, 2.05) is 6.07 Å². The number of thiophene rings is 1. The first-order valence-corrected chi connectivity index (χ1v) is 8.37. The topological polar surface area (TPSA) is 41.1 Å². The van der Waals surface area contributed by atoms with Crippen LogP contribution in [0.25, 0.3) is 0 Å². The minimum atomic E-state index is 0.0260. The third-order valence-corrected chi connectivity index (χ3v) is 5.56. The first-order chi connectivity index (χ1) is 10.3. The Morgan fingerprint density at radius 2 is 2.05 bits per heavy atom. The van der Waals surface area contributed by atoms with Crippen molar-refractivity contribution >= 4 is 22.9 Å². The normalized spacial score (nSPS) is 16.4. The second-order valence-electron chi connectivity index (χ2n) is 5.78. The Labute approximate surface area is 128 Å². The molecule has 2 heterocycles. The van der Waals surface area contributed by atoms with Crippen molar-refractivity contribution in [3.63, 3.8) is 0 Å². The van der Waals surface area contributed by atoms with Gasteiger partial charge in [0.25, 0.3) is 5.91 Å². The van der Waals surface area contributed by atoms with Crippen LogP contribution in [0, 0.1) is 0 Å². The molecule has 21 heavy (non-hydrogen) atoms. The van der Waals surface area contributed by atoms with Crippen LogP contribution in [0.2, 0.25) is 0 Å². The van der Waals surface area contributed by atoms with E-state index < -0.39 is 0 Å². The second kappa shape index (κ2) is 5.28. The largest absolute Gasteiger partial charge is 0.321 e. The molecule has 4 rings (SSSR count). The number of nitrogens with one attached hydrogen (secondary N) is 2. The van der Waals surface area contributed by atoms with Gasteiger partial charge in [-0.2, -0.15) is 0 Å². The van der Waals surface area contributed by atoms with E-state index >= 15 is 0 Å². The van der Waals surface area contributed by atoms with Gasteiger partial charge in [-0.15, -0.1) is 11.3 Å². The molecule has 1 aliphatic carbocycles. The van der Waals surface area contributed by atoms with Crippen LogP contribution < -0.4 is 10.6 Å². The third kappa shape index (κ3) is 2.49. The Bertz CT molecular complexity index is 683. The van der Waals surface area contributed by atoms with E-state index in [4.69, 9.17) is 0 Å². The van der Waals surface area contributed by atoms with Crippen LogP contribution in [-0.4, -0.2) is 12.5 Å². The number of carbonyl (C=O) groups excluding carboxylic acids is 1. The number of anilines is 1. The predicted molar refractivity (Wildman–Crippen MR) is 86.1 cm³/mol. The molecular formula is C17H18N2OS. The summed E-state index contributed by atoms with van der Waals surface area (Å²) in [4.78, 5) is 14.6. The molecule has 1 aliphatic heterocycles. The summed E-state index contributed by atoms with van der Waals surface area (Å²) in [5.41, 5.74) is 4.96. The highest BCUT2D eigenvalue weighted by Gasteiger charge is 2.18. The lowest BCUT2D eigenvalue weighted by atomic mass is 10.0. The minimum Gasteiger partial charge on any atom is -0.321 e. The van der Waals surface area contributed by atoms with Crippen molar-refractivity contribution in [2.45, 2.75) is 32.2 Å². The van der Waals surface area contributed by atoms with Gasteiger partial charge in [0.1, 0.15) is 0 Å². The monoisotopic (exact) mass is 298 g/mol. The van der Waals surface area contributed by atoms with Crippen LogP contribution in [0.4, 0.5) is 5.69 Å². The Kier molecular flexibility index (Phi) is 3.28. The van der Waals surface area contributed by atoms with E-state index in [0.29, 0.717) is 0 Å². The first-order valence-electron chi connectivity index (χ1n) is 7.55. The third-order valence-electron chi connectivity index (χ3n) is 4.32. The summed E-state index contributed by atoms with van der Waals surface area (Å²) in [7, 11) is 0. The lowest BCUT2D eigenvalue weighted by molar-refractivity contribution is 0.103. The minimum absolute atomic E-state index is 0.0260. The maximum absolute atomic E-state index is 12.4. The number of aryl methyl sites for hydroxylation is 2. The maximum Gasteiger partial charge on any atom is 0.265 e. The molecule has 0 radical (unpaired) electrons. The summed E-state index contributed by atoms with van der Waals surface area (Å²) in [5.74, 6) is 0.0260. The van der Waals surface area contributed by atoms with Gasteiger partial charge in [-0.25, -0.2) is 0 Å². The molecule has 0 saturated carbocycles. The van der Waals surface area contributed by atoms with E-state index in [2.05, 4.69) is 28.8 Å². The zero-order valence-electron chi connectivity index (χ0n) is 11.9. The molecule has 1 aromatic carbocycles. The summed E-state index contributed by atoms with van der Waals surface area (Å²) in [6, 6.07) is 8.33. The first kappa shape index (κ1) is 13.0. The molecule has 1 aromatic heterocycles. The van der Waals surface area contributed by atoms with Crippen molar-refractivity contribution in [2.24, 2.45) is 0 Å². The molecule has 0 bridgehead atoms. The highest BCUT2D eigenvalue weighted by Crippen LogP contribution is 2.31. The van der Waals surface area contributed by atoms with Crippen LogP contribution in [0.3, 0.4) is 0 Å². The van der Waals surface area contributed by atoms with Crippen LogP contribution in [0.15, 0.2) is 24.3 Å². The van der Waals surface area contributed by atoms with Crippen LogP contribution in [-0.2, 0) is 25.8 Å². The standard InChI is InChI=1S/C17H18N2OS/c20-17(16-9-12-2-1-3-15(12)21-16)19-14-5-4-11-6-7-18-10-13(11)8-14/h4-5,8-9,18H,1-3,6-7,10H2,(H,19,20). The smallest absolute Gasteiger partial charge is 0.265 e. The van der Waals surface area contributed by atoms with Gasteiger partial charge in [-0.3, -0.25) is 4.79 Å². The Morgan fingerprint density at radius 1 is 1.10 bits per heavy atom. The summed E-state index contributed by atoms with van der Waals surface area (Å²) < 4.78 is 0. The van der Waals surface area contributed by atoms with Gasteiger partial charge < -0.3 is 10.6 Å². The zero-order chi connectivity index (χ0) is 14.2. The van der Waals surface area contributed by atoms with Gasteiger partial charge in [0.05, 0.1) is 4.88 Å². The summed E-state index contributed by atoms with van der Waals surface area (Å²) in [5, 5.41) is 6.41. The average molecular weight is 298 g/mol. The number of amides is 1. The van der Waals surface area contributed by atoms with Crippen molar-refractivity contribution in [2.75, 3.05) is 11.9 Å². The van der Waals surface area contributed by atoms with Gasteiger partial charge in [0, 0.05) is 17.1 Å². The molecule has 2 aliphatic rings. The fraction of sp³-hybridized carbons (Fsp3) is 0.353. The zero-order valence-corrected chi connectivity index (χ0v) is 12.7. The van der Waals surface area contributed by atoms with Gasteiger partial charge in [-0.05, 0) is 67.1 Å². The molecule has 0 spiro atoms. The molecule has 108 valence electrons. The van der Waals surface area contributed by atoms with Gasteiger partial charge in [0.2, 0.25) is 0 Å². The summed E-state index contributed by atoms with van der Waals surface area (Å²) in [6.07, 6.45) is 4.57. The Hall–Kier alpha value is -1.65. The summed E-state index contributed by atoms with van der Waals surface area (Å²) in [6.45, 7) is 1.94. The molecule has 0 unspecified atom stereocenters. The van der Waals surface area contributed by atoms with E-state index in [9.17, 15) is 4.79 Å². The molecule has 2 aromatic rings. The van der Waals surface area contributed by atoms with E-state index in [0.717, 1.165) is 42.9 Å². The van der Waals surface area contributed by atoms with Gasteiger partial charge in [0.15, 0.2) is 0 Å². The highest BCUT2D eigenvalue weighted by molar-refractivity contribution is 7.14. The number of hydrogen-bond donors (Lipinski definition) is 2. The van der Waals surface area contributed by atoms with Crippen molar-refractivity contribution in [1.82, 2.24) is 5.32 Å². The quantitative estimate of drug-likeness (QED) is 0.894. The molecule has 1 amide bonds. The van der Waals surface area contributed by atoms with Crippen molar-refractivity contribution in [3.05, 3.63) is 50.7 Å². The molecule has 3 nitrogen and oxygen atoms in total. The van der Waals surface area contributed by atoms with Crippen molar-refractivity contribution in [3.8, 4) is 0 Å². The van der Waals surface area contributed by atoms with Crippen LogP contribution in [0.5, 0.6) is 0 Å². The lowest BCUT2D eigenvalue weighted by Gasteiger charge is -2.18. The van der Waals surface area contributed by atoms with Crippen molar-refractivity contribution in [1.29, 1.82) is 0 Å². The molecule has 0 atom stereocenters. The number of fused-ring (bicyclic) bond motifs is 2. The van der Waals surface area contributed by atoms with E-state index in [1.165, 1.54) is 28.0 Å². The Morgan fingerprint density at radius 3 is 2.95 bits per heavy atom. The number of hydrogen-bond acceptors (Lipinski definition) is 3. The maximum atomic E-state index is 12.4. The molecule has 2 N–H and O–H groups in total. The molecular weight excluding hydrogens is 280 g/mol. The van der Waals surface area contributed by atoms with Crippen LogP contribution in [0.1, 0.15) is 37.7 Å². The Balaban J connectivity index is 1.53. The molecule has 4 heteroatoms. The van der Waals surface area contributed by atoms with Crippen LogP contribution >= 0.6 is 11.3 Å². The number of benzene rings is 1. The highest BCUT2D eigenvalue weighted by atomic mass is 32.1. The second-order valence-corrected chi connectivity index (χ2v) is 6.91. The molecule has 0 saturated heterocycles.